The Balaban J connectivity index is 1.22. The molecule has 2 aromatic rings. The van der Waals surface area contributed by atoms with Crippen molar-refractivity contribution in [3.63, 3.8) is 0 Å². The summed E-state index contributed by atoms with van der Waals surface area (Å²) < 4.78 is 15.1. The largest absolute Gasteiger partial charge is 0.465 e. The van der Waals surface area contributed by atoms with Crippen LogP contribution in [0.15, 0.2) is 36.4 Å². The number of carboxylic acid groups (broad SMARTS) is 1. The molecule has 10 heteroatoms. The summed E-state index contributed by atoms with van der Waals surface area (Å²) in [5, 5.41) is 13.4. The number of imide groups is 1. The van der Waals surface area contributed by atoms with E-state index in [4.69, 9.17) is 5.11 Å². The van der Waals surface area contributed by atoms with Gasteiger partial charge in [-0.3, -0.25) is 29.9 Å². The lowest BCUT2D eigenvalue weighted by atomic mass is 9.87. The molecule has 0 spiro atoms. The van der Waals surface area contributed by atoms with Crippen molar-refractivity contribution in [2.75, 3.05) is 18.4 Å². The molecule has 9 nitrogen and oxygen atoms in total. The molecular weight excluding hydrogens is 467 g/mol. The van der Waals surface area contributed by atoms with Gasteiger partial charge in [-0.05, 0) is 73.2 Å². The van der Waals surface area contributed by atoms with Crippen LogP contribution in [0.25, 0.3) is 0 Å². The first-order chi connectivity index (χ1) is 17.3. The number of amides is 4. The van der Waals surface area contributed by atoms with Gasteiger partial charge in [-0.15, -0.1) is 0 Å². The van der Waals surface area contributed by atoms with Gasteiger partial charge in [0.1, 0.15) is 11.9 Å². The molecule has 3 N–H and O–H groups in total. The van der Waals surface area contributed by atoms with Gasteiger partial charge in [0, 0.05) is 30.8 Å². The van der Waals surface area contributed by atoms with Crippen LogP contribution in [0.2, 0.25) is 0 Å². The number of likely N-dealkylation sites (tertiary alicyclic amines) is 1. The highest BCUT2D eigenvalue weighted by molar-refractivity contribution is 6.05. The van der Waals surface area contributed by atoms with E-state index in [1.807, 2.05) is 12.1 Å². The minimum atomic E-state index is -1.10. The number of halogens is 1. The number of rotatable bonds is 5. The monoisotopic (exact) mass is 494 g/mol. The van der Waals surface area contributed by atoms with Gasteiger partial charge in [0.15, 0.2) is 0 Å². The summed E-state index contributed by atoms with van der Waals surface area (Å²) >= 11 is 0. The molecule has 5 rings (SSSR count). The summed E-state index contributed by atoms with van der Waals surface area (Å²) in [7, 11) is 0. The SMILES string of the molecule is O=C(O)Nc1ccc(CN2CCC(c3cc4c(cc3F)C(=O)N(C3CCC(=O)NC3=O)C4)CC2)cc1. The molecule has 0 radical (unpaired) electrons. The van der Waals surface area contributed by atoms with Crippen molar-refractivity contribution in [2.45, 2.75) is 50.7 Å². The number of fused-ring (bicyclic) bond motifs is 1. The van der Waals surface area contributed by atoms with E-state index < -0.39 is 23.9 Å². The van der Waals surface area contributed by atoms with Gasteiger partial charge in [0.25, 0.3) is 5.91 Å². The number of nitrogens with zero attached hydrogens (tertiary/aromatic N) is 2. The van der Waals surface area contributed by atoms with Crippen LogP contribution in [0.1, 0.15) is 58.6 Å². The molecule has 0 saturated carbocycles. The number of anilines is 1. The topological polar surface area (TPSA) is 119 Å². The molecule has 2 saturated heterocycles. The molecule has 0 bridgehead atoms. The maximum absolute atomic E-state index is 15.1. The van der Waals surface area contributed by atoms with Gasteiger partial charge in [0.05, 0.1) is 0 Å². The first-order valence-corrected chi connectivity index (χ1v) is 12.1. The Hall–Kier alpha value is -3.79. The molecule has 0 aromatic heterocycles. The van der Waals surface area contributed by atoms with Crippen LogP contribution >= 0.6 is 0 Å². The quantitative estimate of drug-likeness (QED) is 0.550. The maximum Gasteiger partial charge on any atom is 0.409 e. The molecule has 36 heavy (non-hydrogen) atoms. The zero-order valence-electron chi connectivity index (χ0n) is 19.6. The van der Waals surface area contributed by atoms with Crippen molar-refractivity contribution in [2.24, 2.45) is 0 Å². The van der Waals surface area contributed by atoms with E-state index in [0.29, 0.717) is 16.8 Å². The third kappa shape index (κ3) is 4.81. The van der Waals surface area contributed by atoms with Crippen molar-refractivity contribution < 1.29 is 28.7 Å². The Labute approximate surface area is 207 Å². The minimum Gasteiger partial charge on any atom is -0.465 e. The predicted molar refractivity (Wildman–Crippen MR) is 128 cm³/mol. The van der Waals surface area contributed by atoms with Crippen molar-refractivity contribution in [3.05, 3.63) is 64.5 Å². The smallest absolute Gasteiger partial charge is 0.409 e. The maximum atomic E-state index is 15.1. The van der Waals surface area contributed by atoms with Crippen LogP contribution in [0.3, 0.4) is 0 Å². The van der Waals surface area contributed by atoms with Gasteiger partial charge >= 0.3 is 6.09 Å². The Morgan fingerprint density at radius 3 is 2.47 bits per heavy atom. The van der Waals surface area contributed by atoms with Gasteiger partial charge in [0.2, 0.25) is 11.8 Å². The Morgan fingerprint density at radius 2 is 1.81 bits per heavy atom. The van der Waals surface area contributed by atoms with E-state index in [-0.39, 0.29) is 37.1 Å². The molecule has 1 unspecified atom stereocenters. The number of hydrogen-bond acceptors (Lipinski definition) is 5. The molecule has 3 aliphatic rings. The summed E-state index contributed by atoms with van der Waals surface area (Å²) in [4.78, 5) is 51.1. The molecule has 1 atom stereocenters. The lowest BCUT2D eigenvalue weighted by Crippen LogP contribution is -2.52. The van der Waals surface area contributed by atoms with Gasteiger partial charge in [-0.1, -0.05) is 18.2 Å². The Bertz CT molecular complexity index is 1220. The first-order valence-electron chi connectivity index (χ1n) is 12.1. The number of nitrogens with one attached hydrogen (secondary N) is 2. The summed E-state index contributed by atoms with van der Waals surface area (Å²) in [6.45, 7) is 2.54. The molecule has 2 aromatic carbocycles. The van der Waals surface area contributed by atoms with E-state index in [0.717, 1.165) is 43.6 Å². The number of carbonyl (C=O) groups is 4. The van der Waals surface area contributed by atoms with Gasteiger partial charge < -0.3 is 10.0 Å². The molecule has 3 heterocycles. The van der Waals surface area contributed by atoms with Crippen LogP contribution in [0.5, 0.6) is 0 Å². The molecule has 4 amide bonds. The molecule has 3 aliphatic heterocycles. The molecule has 188 valence electrons. The van der Waals surface area contributed by atoms with Crippen LogP contribution < -0.4 is 10.6 Å². The van der Waals surface area contributed by atoms with E-state index in [1.165, 1.54) is 11.0 Å². The zero-order valence-corrected chi connectivity index (χ0v) is 19.6. The Morgan fingerprint density at radius 1 is 1.08 bits per heavy atom. The highest BCUT2D eigenvalue weighted by Gasteiger charge is 2.40. The highest BCUT2D eigenvalue weighted by atomic mass is 19.1. The molecular formula is C26H27FN4O5. The zero-order chi connectivity index (χ0) is 25.4. The second kappa shape index (κ2) is 9.69. The second-order valence-corrected chi connectivity index (χ2v) is 9.61. The van der Waals surface area contributed by atoms with Gasteiger partial charge in [-0.2, -0.15) is 0 Å². The number of piperidine rings is 2. The standard InChI is InChI=1S/C26H27FN4O5/c27-21-12-20-17(14-31(25(20)34)22-5-6-23(32)29-24(22)33)11-19(21)16-7-9-30(10-8-16)13-15-1-3-18(4-2-15)28-26(35)36/h1-4,11-12,16,22,28H,5-10,13-14H2,(H,35,36)(H,29,32,33). The molecule has 2 fully saturated rings. The van der Waals surface area contributed by atoms with Crippen molar-refractivity contribution >= 4 is 29.5 Å². The summed E-state index contributed by atoms with van der Waals surface area (Å²) in [5.41, 5.74) is 3.21. The average Bonchev–Trinajstić information content (AvgIpc) is 3.15. The average molecular weight is 495 g/mol. The predicted octanol–water partition coefficient (Wildman–Crippen LogP) is 3.06. The highest BCUT2D eigenvalue weighted by Crippen LogP contribution is 2.35. The third-order valence-electron chi connectivity index (χ3n) is 7.28. The summed E-state index contributed by atoms with van der Waals surface area (Å²) in [5.74, 6) is -1.55. The van der Waals surface area contributed by atoms with Crippen LogP contribution in [-0.2, 0) is 22.7 Å². The van der Waals surface area contributed by atoms with E-state index in [2.05, 4.69) is 15.5 Å². The van der Waals surface area contributed by atoms with Crippen molar-refractivity contribution in [3.8, 4) is 0 Å². The van der Waals surface area contributed by atoms with Crippen LogP contribution in [-0.4, -0.2) is 57.9 Å². The van der Waals surface area contributed by atoms with Crippen molar-refractivity contribution in [1.82, 2.24) is 15.1 Å². The fourth-order valence-corrected chi connectivity index (χ4v) is 5.40. The Kier molecular flexibility index (Phi) is 6.44. The first kappa shape index (κ1) is 23.9. The summed E-state index contributed by atoms with van der Waals surface area (Å²) in [6.07, 6.45) is 0.907. The lowest BCUT2D eigenvalue weighted by molar-refractivity contribution is -0.136. The normalized spacial score (nSPS) is 20.9. The molecule has 0 aliphatic carbocycles. The number of benzene rings is 2. The fourth-order valence-electron chi connectivity index (χ4n) is 5.40. The lowest BCUT2D eigenvalue weighted by Gasteiger charge is -2.32. The van der Waals surface area contributed by atoms with E-state index >= 15 is 4.39 Å². The summed E-state index contributed by atoms with van der Waals surface area (Å²) in [6, 6.07) is 9.61. The van der Waals surface area contributed by atoms with Crippen LogP contribution in [0, 0.1) is 5.82 Å². The fraction of sp³-hybridized carbons (Fsp3) is 0.385. The third-order valence-corrected chi connectivity index (χ3v) is 7.28. The van der Waals surface area contributed by atoms with Gasteiger partial charge in [-0.25, -0.2) is 9.18 Å². The number of carbonyl (C=O) groups excluding carboxylic acids is 3. The second-order valence-electron chi connectivity index (χ2n) is 9.61. The van der Waals surface area contributed by atoms with E-state index in [9.17, 15) is 19.2 Å². The minimum absolute atomic E-state index is 0.0356. The van der Waals surface area contributed by atoms with E-state index in [1.54, 1.807) is 18.2 Å². The van der Waals surface area contributed by atoms with Crippen molar-refractivity contribution in [1.29, 1.82) is 0 Å². The van der Waals surface area contributed by atoms with Crippen LogP contribution in [0.4, 0.5) is 14.9 Å². The number of hydrogen-bond donors (Lipinski definition) is 3.